The molecule has 1 aliphatic rings. The highest BCUT2D eigenvalue weighted by atomic mass is 35.5. The Hall–Kier alpha value is -1.68. The lowest BCUT2D eigenvalue weighted by atomic mass is 10.0. The van der Waals surface area contributed by atoms with Crippen molar-refractivity contribution in [2.45, 2.75) is 6.54 Å². The SMILES string of the molecule is Cl.O=C(O)Nc1ccc2c(c1)C=CNC2. The van der Waals surface area contributed by atoms with Gasteiger partial charge in [0.1, 0.15) is 0 Å². The number of fused-ring (bicyclic) bond motifs is 1. The van der Waals surface area contributed by atoms with Crippen LogP contribution >= 0.6 is 12.4 Å². The fraction of sp³-hybridized carbons (Fsp3) is 0.100. The van der Waals surface area contributed by atoms with Gasteiger partial charge >= 0.3 is 6.09 Å². The Morgan fingerprint density at radius 1 is 1.47 bits per heavy atom. The molecule has 1 heterocycles. The van der Waals surface area contributed by atoms with Crippen molar-refractivity contribution in [2.75, 3.05) is 5.32 Å². The molecule has 0 aromatic heterocycles. The van der Waals surface area contributed by atoms with Gasteiger partial charge in [0.25, 0.3) is 0 Å². The van der Waals surface area contributed by atoms with Crippen molar-refractivity contribution in [1.29, 1.82) is 0 Å². The Labute approximate surface area is 93.4 Å². The largest absolute Gasteiger partial charge is 0.465 e. The van der Waals surface area contributed by atoms with Gasteiger partial charge in [0.15, 0.2) is 0 Å². The zero-order valence-electron chi connectivity index (χ0n) is 7.86. The molecule has 0 atom stereocenters. The molecule has 0 spiro atoms. The summed E-state index contributed by atoms with van der Waals surface area (Å²) in [4.78, 5) is 10.4. The highest BCUT2D eigenvalue weighted by molar-refractivity contribution is 5.85. The molecule has 0 unspecified atom stereocenters. The lowest BCUT2D eigenvalue weighted by Crippen LogP contribution is -2.11. The molecule has 80 valence electrons. The van der Waals surface area contributed by atoms with Gasteiger partial charge in [-0.05, 0) is 35.5 Å². The van der Waals surface area contributed by atoms with Crippen LogP contribution < -0.4 is 10.6 Å². The molecule has 15 heavy (non-hydrogen) atoms. The van der Waals surface area contributed by atoms with Crippen molar-refractivity contribution in [3.63, 3.8) is 0 Å². The average Bonchev–Trinajstić information content (AvgIpc) is 2.17. The molecule has 5 heteroatoms. The average molecular weight is 227 g/mol. The van der Waals surface area contributed by atoms with Gasteiger partial charge in [0.2, 0.25) is 0 Å². The molecule has 0 fully saturated rings. The van der Waals surface area contributed by atoms with Crippen LogP contribution in [0, 0.1) is 0 Å². The number of nitrogens with one attached hydrogen (secondary N) is 2. The fourth-order valence-electron chi connectivity index (χ4n) is 1.43. The van der Waals surface area contributed by atoms with Gasteiger partial charge in [-0.25, -0.2) is 4.79 Å². The van der Waals surface area contributed by atoms with E-state index in [1.54, 1.807) is 6.07 Å². The molecule has 0 saturated heterocycles. The standard InChI is InChI=1S/C10H10N2O2.ClH/c13-10(14)12-9-2-1-8-6-11-4-3-7(8)5-9;/h1-5,11-12H,6H2,(H,13,14);1H. The number of amides is 1. The number of hydrogen-bond acceptors (Lipinski definition) is 2. The van der Waals surface area contributed by atoms with Crippen molar-refractivity contribution >= 4 is 30.3 Å². The van der Waals surface area contributed by atoms with E-state index in [9.17, 15) is 4.79 Å². The molecule has 2 rings (SSSR count). The first-order chi connectivity index (χ1) is 6.75. The number of carbonyl (C=O) groups is 1. The Balaban J connectivity index is 0.00000112. The van der Waals surface area contributed by atoms with E-state index < -0.39 is 6.09 Å². The third-order valence-electron chi connectivity index (χ3n) is 2.07. The number of anilines is 1. The van der Waals surface area contributed by atoms with Crippen LogP contribution in [0.3, 0.4) is 0 Å². The van der Waals surface area contributed by atoms with Crippen LogP contribution in [0.2, 0.25) is 0 Å². The van der Waals surface area contributed by atoms with Crippen molar-refractivity contribution in [1.82, 2.24) is 5.32 Å². The van der Waals surface area contributed by atoms with Gasteiger partial charge in [0.05, 0.1) is 0 Å². The minimum absolute atomic E-state index is 0. The monoisotopic (exact) mass is 226 g/mol. The first-order valence-electron chi connectivity index (χ1n) is 4.28. The summed E-state index contributed by atoms with van der Waals surface area (Å²) in [6.07, 6.45) is 2.74. The van der Waals surface area contributed by atoms with Crippen LogP contribution in [0.5, 0.6) is 0 Å². The third-order valence-corrected chi connectivity index (χ3v) is 2.07. The second kappa shape index (κ2) is 4.70. The van der Waals surface area contributed by atoms with Crippen LogP contribution in [-0.2, 0) is 6.54 Å². The molecular weight excluding hydrogens is 216 g/mol. The fourth-order valence-corrected chi connectivity index (χ4v) is 1.43. The second-order valence-corrected chi connectivity index (χ2v) is 3.06. The quantitative estimate of drug-likeness (QED) is 0.689. The molecule has 1 aromatic rings. The Bertz CT molecular complexity index is 404. The Morgan fingerprint density at radius 3 is 3.00 bits per heavy atom. The number of halogens is 1. The van der Waals surface area contributed by atoms with Crippen molar-refractivity contribution < 1.29 is 9.90 Å². The zero-order valence-corrected chi connectivity index (χ0v) is 8.67. The van der Waals surface area contributed by atoms with E-state index >= 15 is 0 Å². The molecule has 0 aliphatic carbocycles. The summed E-state index contributed by atoms with van der Waals surface area (Å²) in [5, 5.41) is 13.9. The number of carboxylic acid groups (broad SMARTS) is 1. The molecule has 1 amide bonds. The van der Waals surface area contributed by atoms with Crippen molar-refractivity contribution in [2.24, 2.45) is 0 Å². The van der Waals surface area contributed by atoms with E-state index in [1.807, 2.05) is 24.4 Å². The van der Waals surface area contributed by atoms with Crippen LogP contribution in [-0.4, -0.2) is 11.2 Å². The molecule has 4 nitrogen and oxygen atoms in total. The van der Waals surface area contributed by atoms with Gasteiger partial charge < -0.3 is 10.4 Å². The van der Waals surface area contributed by atoms with Gasteiger partial charge in [-0.2, -0.15) is 0 Å². The third kappa shape index (κ3) is 2.63. The van der Waals surface area contributed by atoms with Crippen LogP contribution in [0.15, 0.2) is 24.4 Å². The summed E-state index contributed by atoms with van der Waals surface area (Å²) >= 11 is 0. The van der Waals surface area contributed by atoms with E-state index in [1.165, 1.54) is 5.56 Å². The zero-order chi connectivity index (χ0) is 9.97. The summed E-state index contributed by atoms with van der Waals surface area (Å²) < 4.78 is 0. The van der Waals surface area contributed by atoms with Gasteiger partial charge in [-0.15, -0.1) is 12.4 Å². The number of benzene rings is 1. The van der Waals surface area contributed by atoms with Gasteiger partial charge in [-0.3, -0.25) is 5.32 Å². The maximum atomic E-state index is 10.4. The Kier molecular flexibility index (Phi) is 3.57. The van der Waals surface area contributed by atoms with Gasteiger partial charge in [0, 0.05) is 12.2 Å². The summed E-state index contributed by atoms with van der Waals surface area (Å²) in [6.45, 7) is 0.791. The van der Waals surface area contributed by atoms with Gasteiger partial charge in [-0.1, -0.05) is 6.07 Å². The molecule has 0 bridgehead atoms. The summed E-state index contributed by atoms with van der Waals surface area (Å²) in [5.74, 6) is 0. The first kappa shape index (κ1) is 11.4. The highest BCUT2D eigenvalue weighted by Gasteiger charge is 2.05. The topological polar surface area (TPSA) is 61.4 Å². The normalized spacial score (nSPS) is 12.0. The highest BCUT2D eigenvalue weighted by Crippen LogP contribution is 2.19. The number of hydrogen-bond donors (Lipinski definition) is 3. The molecule has 1 aromatic carbocycles. The predicted octanol–water partition coefficient (Wildman–Crippen LogP) is 2.27. The first-order valence-corrected chi connectivity index (χ1v) is 4.28. The van der Waals surface area contributed by atoms with Crippen LogP contribution in [0.1, 0.15) is 11.1 Å². The minimum atomic E-state index is -1.04. The smallest absolute Gasteiger partial charge is 0.409 e. The summed E-state index contributed by atoms with van der Waals surface area (Å²) in [7, 11) is 0. The summed E-state index contributed by atoms with van der Waals surface area (Å²) in [6, 6.07) is 5.49. The Morgan fingerprint density at radius 2 is 2.27 bits per heavy atom. The lowest BCUT2D eigenvalue weighted by molar-refractivity contribution is 0.210. The maximum absolute atomic E-state index is 10.4. The molecule has 0 radical (unpaired) electrons. The van der Waals surface area contributed by atoms with Crippen LogP contribution in [0.25, 0.3) is 6.08 Å². The van der Waals surface area contributed by atoms with E-state index in [2.05, 4.69) is 10.6 Å². The minimum Gasteiger partial charge on any atom is -0.465 e. The number of rotatable bonds is 1. The molecular formula is C10H11ClN2O2. The maximum Gasteiger partial charge on any atom is 0.409 e. The van der Waals surface area contributed by atoms with Crippen LogP contribution in [0.4, 0.5) is 10.5 Å². The lowest BCUT2D eigenvalue weighted by Gasteiger charge is -2.12. The second-order valence-electron chi connectivity index (χ2n) is 3.06. The van der Waals surface area contributed by atoms with E-state index in [0.717, 1.165) is 12.1 Å². The predicted molar refractivity (Wildman–Crippen MR) is 61.2 cm³/mol. The van der Waals surface area contributed by atoms with E-state index in [0.29, 0.717) is 5.69 Å². The molecule has 1 aliphatic heterocycles. The van der Waals surface area contributed by atoms with E-state index in [4.69, 9.17) is 5.11 Å². The molecule has 0 saturated carbocycles. The molecule has 3 N–H and O–H groups in total. The summed E-state index contributed by atoms with van der Waals surface area (Å²) in [5.41, 5.74) is 2.82. The van der Waals surface area contributed by atoms with E-state index in [-0.39, 0.29) is 12.4 Å². The van der Waals surface area contributed by atoms with Crippen molar-refractivity contribution in [3.8, 4) is 0 Å². The van der Waals surface area contributed by atoms with Crippen molar-refractivity contribution in [3.05, 3.63) is 35.5 Å².